The number of nitrogens with one attached hydrogen (secondary N) is 1. The lowest BCUT2D eigenvalue weighted by molar-refractivity contribution is 0.0315. The van der Waals surface area contributed by atoms with Gasteiger partial charge in [-0.25, -0.2) is 0 Å². The van der Waals surface area contributed by atoms with Crippen molar-refractivity contribution >= 4 is 11.6 Å². The molecule has 0 bridgehead atoms. The summed E-state index contributed by atoms with van der Waals surface area (Å²) >= 11 is 5.97. The summed E-state index contributed by atoms with van der Waals surface area (Å²) < 4.78 is 11.3. The maximum absolute atomic E-state index is 10.5. The first-order chi connectivity index (χ1) is 10.7. The predicted octanol–water partition coefficient (Wildman–Crippen LogP) is 2.63. The first-order valence-corrected chi connectivity index (χ1v) is 8.51. The molecule has 1 aromatic rings. The average Bonchev–Trinajstić information content (AvgIpc) is 2.87. The first kappa shape index (κ1) is 16.1. The molecule has 1 saturated heterocycles. The van der Waals surface area contributed by atoms with E-state index in [1.54, 1.807) is 6.07 Å². The molecule has 1 heterocycles. The Kier molecular flexibility index (Phi) is 5.58. The summed E-state index contributed by atoms with van der Waals surface area (Å²) in [6.45, 7) is 2.53. The molecule has 0 spiro atoms. The third-order valence-corrected chi connectivity index (χ3v) is 4.89. The van der Waals surface area contributed by atoms with Gasteiger partial charge in [-0.05, 0) is 43.9 Å². The molecule has 0 radical (unpaired) electrons. The lowest BCUT2D eigenvalue weighted by atomic mass is 10.0. The molecule has 1 aliphatic carbocycles. The molecule has 0 aromatic heterocycles. The number of ether oxygens (including phenoxy) is 2. The Morgan fingerprint density at radius 1 is 1.23 bits per heavy atom. The minimum atomic E-state index is -0.425. The van der Waals surface area contributed by atoms with E-state index in [-0.39, 0.29) is 12.0 Å². The maximum Gasteiger partial charge on any atom is 0.125 e. The predicted molar refractivity (Wildman–Crippen MR) is 86.4 cm³/mol. The molecule has 4 nitrogen and oxygen atoms in total. The summed E-state index contributed by atoms with van der Waals surface area (Å²) in [5.74, 6) is 0.988. The van der Waals surface area contributed by atoms with Crippen LogP contribution in [0.5, 0.6) is 5.75 Å². The lowest BCUT2D eigenvalue weighted by Gasteiger charge is -2.26. The summed E-state index contributed by atoms with van der Waals surface area (Å²) in [6, 6.07) is 7.88. The van der Waals surface area contributed by atoms with Crippen LogP contribution in [0.1, 0.15) is 25.7 Å². The van der Waals surface area contributed by atoms with Crippen LogP contribution in [0, 0.1) is 5.92 Å². The van der Waals surface area contributed by atoms with Crippen molar-refractivity contribution in [3.63, 3.8) is 0 Å². The molecule has 1 aromatic carbocycles. The molecule has 3 atom stereocenters. The summed E-state index contributed by atoms with van der Waals surface area (Å²) in [5, 5.41) is 14.7. The second-order valence-electron chi connectivity index (χ2n) is 6.24. The second kappa shape index (κ2) is 7.64. The van der Waals surface area contributed by atoms with Gasteiger partial charge in [-0.2, -0.15) is 0 Å². The topological polar surface area (TPSA) is 50.7 Å². The van der Waals surface area contributed by atoms with Crippen molar-refractivity contribution in [3.05, 3.63) is 29.3 Å². The molecule has 2 N–H and O–H groups in total. The Labute approximate surface area is 136 Å². The van der Waals surface area contributed by atoms with Crippen LogP contribution in [0.15, 0.2) is 24.3 Å². The molecular formula is C17H24ClNO3. The van der Waals surface area contributed by atoms with E-state index in [0.717, 1.165) is 51.2 Å². The van der Waals surface area contributed by atoms with Gasteiger partial charge in [-0.15, -0.1) is 0 Å². The van der Waals surface area contributed by atoms with Gasteiger partial charge in [0, 0.05) is 36.7 Å². The van der Waals surface area contributed by atoms with Crippen molar-refractivity contribution < 1.29 is 14.6 Å². The fourth-order valence-electron chi connectivity index (χ4n) is 3.31. The van der Waals surface area contributed by atoms with Crippen LogP contribution in [-0.2, 0) is 4.74 Å². The number of aliphatic hydroxyl groups is 1. The molecule has 22 heavy (non-hydrogen) atoms. The lowest BCUT2D eigenvalue weighted by Crippen LogP contribution is -2.41. The van der Waals surface area contributed by atoms with Crippen molar-refractivity contribution in [3.8, 4) is 5.75 Å². The Hall–Kier alpha value is -0.810. The number of aliphatic hydroxyl groups excluding tert-OH is 1. The summed E-state index contributed by atoms with van der Waals surface area (Å²) in [4.78, 5) is 0. The van der Waals surface area contributed by atoms with E-state index in [0.29, 0.717) is 11.1 Å². The minimum Gasteiger partial charge on any atom is -0.488 e. The first-order valence-electron chi connectivity index (χ1n) is 8.14. The van der Waals surface area contributed by atoms with Gasteiger partial charge in [0.05, 0.1) is 6.10 Å². The Morgan fingerprint density at radius 2 is 2.05 bits per heavy atom. The van der Waals surface area contributed by atoms with E-state index in [1.807, 2.05) is 18.2 Å². The zero-order valence-corrected chi connectivity index (χ0v) is 13.5. The van der Waals surface area contributed by atoms with Gasteiger partial charge >= 0.3 is 0 Å². The van der Waals surface area contributed by atoms with Gasteiger partial charge in [0.25, 0.3) is 0 Å². The molecule has 0 amide bonds. The van der Waals surface area contributed by atoms with E-state index in [1.165, 1.54) is 0 Å². The van der Waals surface area contributed by atoms with E-state index >= 15 is 0 Å². The third kappa shape index (κ3) is 4.13. The Balaban J connectivity index is 1.48. The highest BCUT2D eigenvalue weighted by Gasteiger charge is 2.36. The highest BCUT2D eigenvalue weighted by molar-refractivity contribution is 6.30. The quantitative estimate of drug-likeness (QED) is 0.874. The van der Waals surface area contributed by atoms with Crippen molar-refractivity contribution in [2.75, 3.05) is 19.8 Å². The average molecular weight is 326 g/mol. The van der Waals surface area contributed by atoms with Gasteiger partial charge in [0.1, 0.15) is 11.9 Å². The molecule has 1 aliphatic heterocycles. The molecule has 0 unspecified atom stereocenters. The van der Waals surface area contributed by atoms with E-state index < -0.39 is 6.10 Å². The van der Waals surface area contributed by atoms with E-state index in [9.17, 15) is 5.11 Å². The van der Waals surface area contributed by atoms with Crippen LogP contribution in [0.3, 0.4) is 0 Å². The SMILES string of the molecule is O[C@@H]1[C@@H](CNC2CCOCC2)CC[C@H]1Oc1cccc(Cl)c1. The van der Waals surface area contributed by atoms with Crippen molar-refractivity contribution in [1.82, 2.24) is 5.32 Å². The minimum absolute atomic E-state index is 0.139. The standard InChI is InChI=1S/C17H24ClNO3/c18-13-2-1-3-15(10-13)22-16-5-4-12(17(16)20)11-19-14-6-8-21-9-7-14/h1-3,10,12,14,16-17,19-20H,4-9,11H2/t12-,16-,17-/m1/s1. The van der Waals surface area contributed by atoms with Crippen LogP contribution < -0.4 is 10.1 Å². The maximum atomic E-state index is 10.5. The van der Waals surface area contributed by atoms with Gasteiger partial charge < -0.3 is 19.9 Å². The van der Waals surface area contributed by atoms with Gasteiger partial charge in [-0.3, -0.25) is 0 Å². The fraction of sp³-hybridized carbons (Fsp3) is 0.647. The van der Waals surface area contributed by atoms with Crippen molar-refractivity contribution in [2.45, 2.75) is 43.9 Å². The van der Waals surface area contributed by atoms with Crippen LogP contribution in [0.4, 0.5) is 0 Å². The van der Waals surface area contributed by atoms with Gasteiger partial charge in [-0.1, -0.05) is 17.7 Å². The van der Waals surface area contributed by atoms with Crippen molar-refractivity contribution in [2.24, 2.45) is 5.92 Å². The Morgan fingerprint density at radius 3 is 2.82 bits per heavy atom. The fourth-order valence-corrected chi connectivity index (χ4v) is 3.49. The monoisotopic (exact) mass is 325 g/mol. The van der Waals surface area contributed by atoms with Crippen LogP contribution >= 0.6 is 11.6 Å². The smallest absolute Gasteiger partial charge is 0.125 e. The molecule has 122 valence electrons. The van der Waals surface area contributed by atoms with E-state index in [2.05, 4.69) is 5.32 Å². The zero-order valence-electron chi connectivity index (χ0n) is 12.7. The number of halogens is 1. The Bertz CT molecular complexity index is 479. The normalized spacial score (nSPS) is 29.6. The molecule has 2 aliphatic rings. The zero-order chi connectivity index (χ0) is 15.4. The highest BCUT2D eigenvalue weighted by Crippen LogP contribution is 2.30. The molecule has 1 saturated carbocycles. The van der Waals surface area contributed by atoms with Crippen molar-refractivity contribution in [1.29, 1.82) is 0 Å². The van der Waals surface area contributed by atoms with Crippen LogP contribution in [0.25, 0.3) is 0 Å². The third-order valence-electron chi connectivity index (χ3n) is 4.66. The van der Waals surface area contributed by atoms with Gasteiger partial charge in [0.2, 0.25) is 0 Å². The molecule has 2 fully saturated rings. The molecular weight excluding hydrogens is 302 g/mol. The number of benzene rings is 1. The number of hydrogen-bond donors (Lipinski definition) is 2. The van der Waals surface area contributed by atoms with Gasteiger partial charge in [0.15, 0.2) is 0 Å². The summed E-state index contributed by atoms with van der Waals surface area (Å²) in [6.07, 6.45) is 3.43. The molecule has 5 heteroatoms. The summed E-state index contributed by atoms with van der Waals surface area (Å²) in [5.41, 5.74) is 0. The van der Waals surface area contributed by atoms with Crippen LogP contribution in [0.2, 0.25) is 5.02 Å². The molecule has 3 rings (SSSR count). The largest absolute Gasteiger partial charge is 0.488 e. The number of rotatable bonds is 5. The number of hydrogen-bond acceptors (Lipinski definition) is 4. The second-order valence-corrected chi connectivity index (χ2v) is 6.67. The van der Waals surface area contributed by atoms with E-state index in [4.69, 9.17) is 21.1 Å². The van der Waals surface area contributed by atoms with Crippen LogP contribution in [-0.4, -0.2) is 43.1 Å². The highest BCUT2D eigenvalue weighted by atomic mass is 35.5. The summed E-state index contributed by atoms with van der Waals surface area (Å²) in [7, 11) is 0.